The molecule has 0 spiro atoms. The number of nitrogens with two attached hydrogens (primary N) is 1. The second-order valence-corrected chi connectivity index (χ2v) is 8.10. The lowest BCUT2D eigenvalue weighted by Gasteiger charge is -2.16. The maximum atomic E-state index is 10.8. The predicted molar refractivity (Wildman–Crippen MR) is 129 cm³/mol. The molecule has 1 heterocycles. The van der Waals surface area contributed by atoms with Crippen LogP contribution in [0.1, 0.15) is 11.3 Å². The van der Waals surface area contributed by atoms with Gasteiger partial charge in [-0.15, -0.1) is 0 Å². The smallest absolute Gasteiger partial charge is 0.220 e. The standard InChI is InChI=1S/C25H22BrN3O3/c1-15-23(20-5-3-4-6-22(20)31-2)24(29-25(27)28-15)19-12-11-18(13-21(19)30)32-14-16-7-9-17(26)10-8-16/h3-13,30H,14H2,1-2H3,(H2,27,28,29). The maximum Gasteiger partial charge on any atom is 0.220 e. The van der Waals surface area contributed by atoms with E-state index >= 15 is 0 Å². The molecule has 0 aliphatic rings. The number of rotatable bonds is 6. The van der Waals surface area contributed by atoms with Gasteiger partial charge in [0.05, 0.1) is 18.5 Å². The van der Waals surface area contributed by atoms with Crippen molar-refractivity contribution in [1.29, 1.82) is 0 Å². The minimum Gasteiger partial charge on any atom is -0.507 e. The normalized spacial score (nSPS) is 10.7. The lowest BCUT2D eigenvalue weighted by atomic mass is 9.96. The number of anilines is 1. The molecule has 3 N–H and O–H groups in total. The van der Waals surface area contributed by atoms with Crippen molar-refractivity contribution in [3.63, 3.8) is 0 Å². The zero-order chi connectivity index (χ0) is 22.7. The Morgan fingerprint density at radius 1 is 0.969 bits per heavy atom. The van der Waals surface area contributed by atoms with Crippen LogP contribution in [-0.4, -0.2) is 22.2 Å². The molecule has 4 aromatic rings. The molecule has 162 valence electrons. The number of phenolic OH excluding ortho intramolecular Hbond substituents is 1. The summed E-state index contributed by atoms with van der Waals surface area (Å²) in [4.78, 5) is 8.78. The number of aryl methyl sites for hydroxylation is 1. The molecule has 0 saturated heterocycles. The van der Waals surface area contributed by atoms with Crippen molar-refractivity contribution in [3.05, 3.63) is 82.5 Å². The molecule has 4 rings (SSSR count). The molecule has 6 nitrogen and oxygen atoms in total. The van der Waals surface area contributed by atoms with Crippen LogP contribution in [0.15, 0.2) is 71.2 Å². The average Bonchev–Trinajstić information content (AvgIpc) is 2.78. The van der Waals surface area contributed by atoms with E-state index in [1.165, 1.54) is 0 Å². The van der Waals surface area contributed by atoms with Crippen LogP contribution >= 0.6 is 15.9 Å². The molecule has 7 heteroatoms. The molecular weight excluding hydrogens is 470 g/mol. The lowest BCUT2D eigenvalue weighted by Crippen LogP contribution is -2.03. The maximum absolute atomic E-state index is 10.8. The van der Waals surface area contributed by atoms with Crippen LogP contribution in [-0.2, 0) is 6.61 Å². The van der Waals surface area contributed by atoms with Gasteiger partial charge >= 0.3 is 0 Å². The summed E-state index contributed by atoms with van der Waals surface area (Å²) in [6.45, 7) is 2.24. The van der Waals surface area contributed by atoms with Gasteiger partial charge in [-0.3, -0.25) is 0 Å². The molecule has 0 fully saturated rings. The second kappa shape index (κ2) is 9.28. The molecule has 0 saturated carbocycles. The van der Waals surface area contributed by atoms with Gasteiger partial charge in [-0.25, -0.2) is 9.97 Å². The summed E-state index contributed by atoms with van der Waals surface area (Å²) < 4.78 is 12.4. The van der Waals surface area contributed by atoms with Gasteiger partial charge in [-0.2, -0.15) is 0 Å². The van der Waals surface area contributed by atoms with E-state index in [-0.39, 0.29) is 11.7 Å². The second-order valence-electron chi connectivity index (χ2n) is 7.19. The summed E-state index contributed by atoms with van der Waals surface area (Å²) in [5, 5.41) is 10.8. The Bertz CT molecular complexity index is 1260. The van der Waals surface area contributed by atoms with E-state index in [0.717, 1.165) is 21.2 Å². The first-order valence-electron chi connectivity index (χ1n) is 9.94. The quantitative estimate of drug-likeness (QED) is 0.356. The molecule has 0 atom stereocenters. The van der Waals surface area contributed by atoms with Gasteiger partial charge in [0.1, 0.15) is 23.9 Å². The first-order chi connectivity index (χ1) is 15.5. The highest BCUT2D eigenvalue weighted by molar-refractivity contribution is 9.10. The van der Waals surface area contributed by atoms with Gasteiger partial charge in [0.2, 0.25) is 5.95 Å². The molecule has 0 aliphatic carbocycles. The lowest BCUT2D eigenvalue weighted by molar-refractivity contribution is 0.304. The third-order valence-electron chi connectivity index (χ3n) is 5.03. The van der Waals surface area contributed by atoms with Crippen molar-refractivity contribution >= 4 is 21.9 Å². The number of ether oxygens (including phenoxy) is 2. The Kier molecular flexibility index (Phi) is 6.28. The van der Waals surface area contributed by atoms with Crippen molar-refractivity contribution in [2.45, 2.75) is 13.5 Å². The van der Waals surface area contributed by atoms with Crippen molar-refractivity contribution in [2.24, 2.45) is 0 Å². The van der Waals surface area contributed by atoms with E-state index in [9.17, 15) is 5.11 Å². The Morgan fingerprint density at radius 2 is 1.72 bits per heavy atom. The zero-order valence-corrected chi connectivity index (χ0v) is 19.3. The van der Waals surface area contributed by atoms with Crippen molar-refractivity contribution in [1.82, 2.24) is 9.97 Å². The molecule has 0 amide bonds. The Hall–Kier alpha value is -3.58. The zero-order valence-electron chi connectivity index (χ0n) is 17.7. The van der Waals surface area contributed by atoms with Gasteiger partial charge in [-0.05, 0) is 42.8 Å². The summed E-state index contributed by atoms with van der Waals surface area (Å²) in [6, 6.07) is 20.6. The average molecular weight is 492 g/mol. The number of phenols is 1. The number of methoxy groups -OCH3 is 1. The monoisotopic (exact) mass is 491 g/mol. The van der Waals surface area contributed by atoms with Crippen LogP contribution < -0.4 is 15.2 Å². The number of nitrogens with zero attached hydrogens (tertiary/aromatic N) is 2. The van der Waals surface area contributed by atoms with Crippen LogP contribution in [0, 0.1) is 6.92 Å². The van der Waals surface area contributed by atoms with Crippen LogP contribution in [0.25, 0.3) is 22.4 Å². The van der Waals surface area contributed by atoms with Crippen molar-refractivity contribution < 1.29 is 14.6 Å². The number of aromatic hydroxyl groups is 1. The SMILES string of the molecule is COc1ccccc1-c1c(C)nc(N)nc1-c1ccc(OCc2ccc(Br)cc2)cc1O. The third kappa shape index (κ3) is 4.53. The summed E-state index contributed by atoms with van der Waals surface area (Å²) in [6.07, 6.45) is 0. The Morgan fingerprint density at radius 3 is 2.44 bits per heavy atom. The van der Waals surface area contributed by atoms with Crippen LogP contribution in [0.2, 0.25) is 0 Å². The fraction of sp³-hybridized carbons (Fsp3) is 0.120. The predicted octanol–water partition coefficient (Wildman–Crippen LogP) is 5.76. The number of para-hydroxylation sites is 1. The molecule has 3 aromatic carbocycles. The summed E-state index contributed by atoms with van der Waals surface area (Å²) in [5.74, 6) is 1.39. The topological polar surface area (TPSA) is 90.5 Å². The van der Waals surface area contributed by atoms with Gasteiger partial charge in [0, 0.05) is 27.2 Å². The summed E-state index contributed by atoms with van der Waals surface area (Å²) in [5.41, 5.74) is 10.3. The van der Waals surface area contributed by atoms with Gasteiger partial charge in [0.15, 0.2) is 0 Å². The number of aromatic nitrogens is 2. The first kappa shape index (κ1) is 21.6. The van der Waals surface area contributed by atoms with Crippen molar-refractivity contribution in [3.8, 4) is 39.6 Å². The molecule has 32 heavy (non-hydrogen) atoms. The molecule has 0 aliphatic heterocycles. The molecule has 1 aromatic heterocycles. The fourth-order valence-corrected chi connectivity index (χ4v) is 3.78. The van der Waals surface area contributed by atoms with Gasteiger partial charge in [0.25, 0.3) is 0 Å². The van der Waals surface area contributed by atoms with Crippen molar-refractivity contribution in [2.75, 3.05) is 12.8 Å². The van der Waals surface area contributed by atoms with E-state index in [1.807, 2.05) is 55.5 Å². The van der Waals surface area contributed by atoms with E-state index in [1.54, 1.807) is 25.3 Å². The Labute approximate surface area is 194 Å². The van der Waals surface area contributed by atoms with E-state index < -0.39 is 0 Å². The highest BCUT2D eigenvalue weighted by atomic mass is 79.9. The third-order valence-corrected chi connectivity index (χ3v) is 5.56. The largest absolute Gasteiger partial charge is 0.507 e. The highest BCUT2D eigenvalue weighted by Crippen LogP contribution is 2.41. The minimum atomic E-state index is 0.0342. The fourth-order valence-electron chi connectivity index (χ4n) is 3.51. The van der Waals surface area contributed by atoms with Gasteiger partial charge < -0.3 is 20.3 Å². The number of benzene rings is 3. The molecular formula is C25H22BrN3O3. The molecule has 0 bridgehead atoms. The van der Waals surface area contributed by atoms with Crippen LogP contribution in [0.4, 0.5) is 5.95 Å². The molecule has 0 unspecified atom stereocenters. The minimum absolute atomic E-state index is 0.0342. The number of nitrogen functional groups attached to an aromatic ring is 1. The van der Waals surface area contributed by atoms with Crippen LogP contribution in [0.5, 0.6) is 17.2 Å². The molecule has 0 radical (unpaired) electrons. The first-order valence-corrected chi connectivity index (χ1v) is 10.7. The number of halogens is 1. The van der Waals surface area contributed by atoms with E-state index in [2.05, 4.69) is 25.9 Å². The van der Waals surface area contributed by atoms with Crippen LogP contribution in [0.3, 0.4) is 0 Å². The van der Waals surface area contributed by atoms with Gasteiger partial charge in [-0.1, -0.05) is 46.3 Å². The van der Waals surface area contributed by atoms with E-state index in [0.29, 0.717) is 35.1 Å². The number of hydrogen-bond acceptors (Lipinski definition) is 6. The Balaban J connectivity index is 1.71. The summed E-state index contributed by atoms with van der Waals surface area (Å²) >= 11 is 3.42. The highest BCUT2D eigenvalue weighted by Gasteiger charge is 2.20. The number of hydrogen-bond donors (Lipinski definition) is 2. The summed E-state index contributed by atoms with van der Waals surface area (Å²) in [7, 11) is 1.61. The van der Waals surface area contributed by atoms with E-state index in [4.69, 9.17) is 15.2 Å².